The minimum absolute atomic E-state index is 0.118. The summed E-state index contributed by atoms with van der Waals surface area (Å²) in [6.45, 7) is -4.83. The van der Waals surface area contributed by atoms with E-state index in [0.29, 0.717) is 0 Å². The Hall–Kier alpha value is -0.530. The molecule has 2 nitrogen and oxygen atoms in total. The first-order valence-electron chi connectivity index (χ1n) is 4.06. The fourth-order valence-electron chi connectivity index (χ4n) is 0. The quantitative estimate of drug-likeness (QED) is 0.365. The summed E-state index contributed by atoms with van der Waals surface area (Å²) in [4.78, 5) is 10.1. The van der Waals surface area contributed by atoms with E-state index in [-0.39, 0.29) is 4.90 Å². The standard InChI is InChI=1S/C3H7NO/c1-4(2)3-5/h3H,1-2H3/i1D2,2D3,3D. The topological polar surface area (TPSA) is 20.3 Å². The third-order valence-corrected chi connectivity index (χ3v) is 0.0983. The number of nitrogens with zero attached hydrogens (tertiary/aromatic N) is 1. The number of amides is 1. The van der Waals surface area contributed by atoms with Crippen molar-refractivity contribution in [2.45, 2.75) is 0 Å². The highest BCUT2D eigenvalue weighted by atomic mass is 16.1. The van der Waals surface area contributed by atoms with Crippen molar-refractivity contribution in [3.05, 3.63) is 0 Å². The first-order valence-corrected chi connectivity index (χ1v) is 0.910. The van der Waals surface area contributed by atoms with Gasteiger partial charge in [-0.2, -0.15) is 0 Å². The van der Waals surface area contributed by atoms with Crippen LogP contribution in [-0.2, 0) is 4.79 Å². The van der Waals surface area contributed by atoms with Crippen LogP contribution in [0.15, 0.2) is 0 Å². The van der Waals surface area contributed by atoms with Crippen molar-refractivity contribution in [3.8, 4) is 0 Å². The minimum atomic E-state index is -2.87. The van der Waals surface area contributed by atoms with Gasteiger partial charge in [-0.05, 0) is 0 Å². The Bertz CT molecular complexity index is 152. The molecule has 0 aliphatic rings. The van der Waals surface area contributed by atoms with Crippen LogP contribution in [0.4, 0.5) is 0 Å². The second-order valence-corrected chi connectivity index (χ2v) is 0.461. The molecule has 0 N–H and O–H groups in total. The van der Waals surface area contributed by atoms with Gasteiger partial charge in [0.05, 0.1) is 0 Å². The van der Waals surface area contributed by atoms with Gasteiger partial charge in [0.25, 0.3) is 0 Å². The van der Waals surface area contributed by atoms with E-state index < -0.39 is 20.4 Å². The van der Waals surface area contributed by atoms with Gasteiger partial charge >= 0.3 is 0 Å². The summed E-state index contributed by atoms with van der Waals surface area (Å²) in [6.07, 6.45) is -1.54. The van der Waals surface area contributed by atoms with Crippen molar-refractivity contribution in [1.82, 2.24) is 4.90 Å². The van der Waals surface area contributed by atoms with Crippen LogP contribution in [0.5, 0.6) is 0 Å². The Balaban J connectivity index is 4.49. The van der Waals surface area contributed by atoms with Gasteiger partial charge in [-0.1, -0.05) is 0 Å². The molecule has 0 spiro atoms. The molecule has 5 heavy (non-hydrogen) atoms. The summed E-state index contributed by atoms with van der Waals surface area (Å²) < 4.78 is 39.5. The van der Waals surface area contributed by atoms with E-state index in [1.54, 1.807) is 0 Å². The van der Waals surface area contributed by atoms with E-state index in [0.717, 1.165) is 0 Å². The molecule has 0 aliphatic heterocycles. The monoisotopic (exact) mass is 79.1 g/mol. The molecule has 0 radical (unpaired) electrons. The minimum Gasteiger partial charge on any atom is -0.351 e. The summed E-state index contributed by atoms with van der Waals surface area (Å²) in [5, 5.41) is 0. The van der Waals surface area contributed by atoms with Crippen molar-refractivity contribution in [3.63, 3.8) is 0 Å². The number of carbonyl (C=O) groups excluding carboxylic acids is 1. The molecule has 0 fully saturated rings. The predicted molar refractivity (Wildman–Crippen MR) is 19.8 cm³/mol. The molecule has 1 amide bonds. The van der Waals surface area contributed by atoms with Crippen LogP contribution >= 0.6 is 0 Å². The summed E-state index contributed by atoms with van der Waals surface area (Å²) >= 11 is 0. The zero-order chi connectivity index (χ0) is 9.23. The van der Waals surface area contributed by atoms with Gasteiger partial charge in [-0.3, -0.25) is 4.79 Å². The van der Waals surface area contributed by atoms with E-state index in [2.05, 4.69) is 0 Å². The summed E-state index contributed by atoms with van der Waals surface area (Å²) in [7, 11) is 0. The van der Waals surface area contributed by atoms with E-state index in [1.165, 1.54) is 0 Å². The molecular weight excluding hydrogens is 66.0 g/mol. The number of rotatable bonds is 0. The largest absolute Gasteiger partial charge is 0.351 e. The van der Waals surface area contributed by atoms with E-state index >= 15 is 0 Å². The molecule has 0 saturated heterocycles. The average molecular weight is 79.1 g/mol. The molecule has 0 atom stereocenters. The highest BCUT2D eigenvalue weighted by molar-refractivity contribution is 5.45. The van der Waals surface area contributed by atoms with E-state index in [4.69, 9.17) is 8.22 Å². The van der Waals surface area contributed by atoms with Gasteiger partial charge in [0.15, 0.2) is 0 Å². The van der Waals surface area contributed by atoms with Gasteiger partial charge < -0.3 is 4.90 Å². The van der Waals surface area contributed by atoms with E-state index in [1.807, 2.05) is 0 Å². The van der Waals surface area contributed by atoms with Crippen LogP contribution in [0.1, 0.15) is 8.22 Å². The SMILES string of the molecule is [2H]C(=O)N(C([2H])[2H])C([2H])([2H])[2H]. The molecule has 0 aliphatic carbocycles. The lowest BCUT2D eigenvalue weighted by Crippen LogP contribution is -2.06. The normalized spacial score (nSPS) is 27.4. The Kier molecular flexibility index (Phi) is 0.211. The van der Waals surface area contributed by atoms with Gasteiger partial charge in [0.1, 0.15) is 1.37 Å². The highest BCUT2D eigenvalue weighted by Gasteiger charge is 1.68. The summed E-state index contributed by atoms with van der Waals surface area (Å²) in [5.41, 5.74) is 0. The molecule has 0 bridgehead atoms. The van der Waals surface area contributed by atoms with Crippen LogP contribution in [-0.4, -0.2) is 25.3 Å². The first-order chi connectivity index (χ1) is 4.76. The van der Waals surface area contributed by atoms with Crippen molar-refractivity contribution in [2.24, 2.45) is 0 Å². The maximum atomic E-state index is 10.2. The number of hydrogen-bond donors (Lipinski definition) is 0. The van der Waals surface area contributed by atoms with Crippen LogP contribution in [0, 0.1) is 0 Å². The molecule has 0 heterocycles. The number of hydrogen-bond acceptors (Lipinski definition) is 1. The molecule has 0 aromatic carbocycles. The highest BCUT2D eigenvalue weighted by Crippen LogP contribution is 1.52. The van der Waals surface area contributed by atoms with Crippen molar-refractivity contribution in [1.29, 1.82) is 0 Å². The fourth-order valence-corrected chi connectivity index (χ4v) is 0. The molecule has 0 unspecified atom stereocenters. The fraction of sp³-hybridized carbons (Fsp3) is 0.667. The Morgan fingerprint density at radius 3 is 3.20 bits per heavy atom. The molecular formula is C3H7NO. The third-order valence-electron chi connectivity index (χ3n) is 0.0983. The molecule has 2 heteroatoms. The Morgan fingerprint density at radius 2 is 3.20 bits per heavy atom. The van der Waals surface area contributed by atoms with Crippen molar-refractivity contribution >= 4 is 6.39 Å². The Labute approximate surface area is 39.8 Å². The van der Waals surface area contributed by atoms with Crippen molar-refractivity contribution < 1.29 is 13.0 Å². The van der Waals surface area contributed by atoms with Gasteiger partial charge in [0.2, 0.25) is 6.39 Å². The van der Waals surface area contributed by atoms with Crippen LogP contribution < -0.4 is 0 Å². The average Bonchev–Trinajstić information content (AvgIpc) is 1.54. The van der Waals surface area contributed by atoms with Crippen LogP contribution in [0.2, 0.25) is 0 Å². The summed E-state index contributed by atoms with van der Waals surface area (Å²) in [6, 6.07) is 0. The first kappa shape index (κ1) is 0.600. The maximum absolute atomic E-state index is 10.2. The second-order valence-electron chi connectivity index (χ2n) is 0.461. The van der Waals surface area contributed by atoms with Crippen molar-refractivity contribution in [2.75, 3.05) is 14.0 Å². The van der Waals surface area contributed by atoms with Gasteiger partial charge in [-0.15, -0.1) is 0 Å². The lowest BCUT2D eigenvalue weighted by Gasteiger charge is -1.93. The molecule has 30 valence electrons. The molecule has 0 saturated carbocycles. The van der Waals surface area contributed by atoms with Crippen LogP contribution in [0.25, 0.3) is 0 Å². The molecule has 0 rings (SSSR count). The maximum Gasteiger partial charge on any atom is 0.209 e. The van der Waals surface area contributed by atoms with Gasteiger partial charge in [-0.25, -0.2) is 0 Å². The lowest BCUT2D eigenvalue weighted by molar-refractivity contribution is -0.115. The summed E-state index contributed by atoms with van der Waals surface area (Å²) in [5.74, 6) is 0. The van der Waals surface area contributed by atoms with Gasteiger partial charge in [0, 0.05) is 20.8 Å². The second kappa shape index (κ2) is 1.76. The van der Waals surface area contributed by atoms with E-state index in [9.17, 15) is 4.79 Å². The lowest BCUT2D eigenvalue weighted by atomic mass is 11.0. The smallest absolute Gasteiger partial charge is 0.209 e. The predicted octanol–water partition coefficient (Wildman–Crippen LogP) is -0.296. The Morgan fingerprint density at radius 1 is 2.40 bits per heavy atom. The zero-order valence-corrected chi connectivity index (χ0v) is 2.43. The molecule has 0 aromatic rings. The number of carbonyl (C=O) groups is 1. The zero-order valence-electron chi connectivity index (χ0n) is 8.43. The molecule has 0 aromatic heterocycles. The third kappa shape index (κ3) is 3.47. The van der Waals surface area contributed by atoms with Crippen LogP contribution in [0.3, 0.4) is 0 Å².